The molecule has 0 atom stereocenters. The third-order valence-corrected chi connectivity index (χ3v) is 4.60. The molecular formula is C17H17ClN4OS. The highest BCUT2D eigenvalue weighted by Gasteiger charge is 2.14. The lowest BCUT2D eigenvalue weighted by molar-refractivity contribution is 0.391. The molecule has 0 saturated carbocycles. The zero-order valence-corrected chi connectivity index (χ0v) is 15.0. The summed E-state index contributed by atoms with van der Waals surface area (Å²) in [5, 5.41) is 5.20. The molecule has 124 valence electrons. The first kappa shape index (κ1) is 16.8. The van der Waals surface area contributed by atoms with Gasteiger partial charge in [-0.25, -0.2) is 9.97 Å². The van der Waals surface area contributed by atoms with Crippen molar-refractivity contribution in [3.63, 3.8) is 0 Å². The van der Waals surface area contributed by atoms with E-state index in [1.54, 1.807) is 0 Å². The lowest BCUT2D eigenvalue weighted by Gasteiger charge is -2.12. The molecule has 2 N–H and O–H groups in total. The lowest BCUT2D eigenvalue weighted by Crippen LogP contribution is -2.04. The maximum Gasteiger partial charge on any atom is 0.190 e. The zero-order chi connectivity index (χ0) is 17.1. The SMILES string of the molecule is CCc1nc(SCc2cc(C)no2)nc(N)c1-c1ccc(Cl)cc1. The topological polar surface area (TPSA) is 77.8 Å². The van der Waals surface area contributed by atoms with Crippen LogP contribution in [0, 0.1) is 6.92 Å². The second-order valence-corrected chi connectivity index (χ2v) is 6.68. The van der Waals surface area contributed by atoms with Crippen molar-refractivity contribution in [2.45, 2.75) is 31.2 Å². The molecule has 0 aliphatic rings. The highest BCUT2D eigenvalue weighted by Crippen LogP contribution is 2.31. The summed E-state index contributed by atoms with van der Waals surface area (Å²) >= 11 is 7.44. The Morgan fingerprint density at radius 2 is 1.96 bits per heavy atom. The number of aromatic nitrogens is 3. The molecular weight excluding hydrogens is 344 g/mol. The minimum atomic E-state index is 0.473. The zero-order valence-electron chi connectivity index (χ0n) is 13.4. The van der Waals surface area contributed by atoms with Crippen molar-refractivity contribution in [2.24, 2.45) is 0 Å². The van der Waals surface area contributed by atoms with Crippen LogP contribution < -0.4 is 5.73 Å². The number of thioether (sulfide) groups is 1. The van der Waals surface area contributed by atoms with Crippen LogP contribution in [0.25, 0.3) is 11.1 Å². The van der Waals surface area contributed by atoms with Gasteiger partial charge in [0.1, 0.15) is 11.6 Å². The van der Waals surface area contributed by atoms with Crippen LogP contribution in [0.5, 0.6) is 0 Å². The maximum atomic E-state index is 6.21. The number of nitrogens with two attached hydrogens (primary N) is 1. The van der Waals surface area contributed by atoms with Crippen molar-refractivity contribution in [3.8, 4) is 11.1 Å². The molecule has 0 amide bonds. The van der Waals surface area contributed by atoms with Crippen molar-refractivity contribution in [1.82, 2.24) is 15.1 Å². The summed E-state index contributed by atoms with van der Waals surface area (Å²) in [5.74, 6) is 1.88. The number of hydrogen-bond donors (Lipinski definition) is 1. The van der Waals surface area contributed by atoms with Crippen molar-refractivity contribution >= 4 is 29.2 Å². The van der Waals surface area contributed by atoms with Crippen LogP contribution in [0.3, 0.4) is 0 Å². The van der Waals surface area contributed by atoms with Crippen LogP contribution in [-0.4, -0.2) is 15.1 Å². The normalized spacial score (nSPS) is 11.0. The number of nitrogens with zero attached hydrogens (tertiary/aromatic N) is 3. The summed E-state index contributed by atoms with van der Waals surface area (Å²) in [6.07, 6.45) is 0.764. The van der Waals surface area contributed by atoms with Crippen molar-refractivity contribution in [3.05, 3.63) is 52.5 Å². The highest BCUT2D eigenvalue weighted by atomic mass is 35.5. The van der Waals surface area contributed by atoms with Crippen molar-refractivity contribution in [2.75, 3.05) is 5.73 Å². The fourth-order valence-corrected chi connectivity index (χ4v) is 3.25. The molecule has 0 fully saturated rings. The molecule has 0 radical (unpaired) electrons. The van der Waals surface area contributed by atoms with Gasteiger partial charge in [-0.1, -0.05) is 47.6 Å². The predicted octanol–water partition coefficient (Wildman–Crippen LogP) is 4.53. The standard InChI is InChI=1S/C17H17ClN4OS/c1-3-14-15(11-4-6-12(18)7-5-11)16(19)21-17(20-14)24-9-13-8-10(2)22-23-13/h4-8H,3,9H2,1-2H3,(H2,19,20,21). The summed E-state index contributed by atoms with van der Waals surface area (Å²) in [4.78, 5) is 9.09. The highest BCUT2D eigenvalue weighted by molar-refractivity contribution is 7.98. The van der Waals surface area contributed by atoms with Gasteiger partial charge in [0.15, 0.2) is 5.16 Å². The Bertz CT molecular complexity index is 848. The van der Waals surface area contributed by atoms with E-state index < -0.39 is 0 Å². The largest absolute Gasteiger partial charge is 0.383 e. The Morgan fingerprint density at radius 3 is 2.58 bits per heavy atom. The van der Waals surface area contributed by atoms with Gasteiger partial charge in [-0.3, -0.25) is 0 Å². The molecule has 0 spiro atoms. The molecule has 0 aliphatic heterocycles. The number of aryl methyl sites for hydroxylation is 2. The van der Waals surface area contributed by atoms with E-state index in [-0.39, 0.29) is 0 Å². The number of nitrogen functional groups attached to an aromatic ring is 1. The summed E-state index contributed by atoms with van der Waals surface area (Å²) < 4.78 is 5.21. The minimum Gasteiger partial charge on any atom is -0.383 e. The molecule has 24 heavy (non-hydrogen) atoms. The maximum absolute atomic E-state index is 6.21. The quantitative estimate of drug-likeness (QED) is 0.532. The van der Waals surface area contributed by atoms with Gasteiger partial charge in [0.05, 0.1) is 17.1 Å². The van der Waals surface area contributed by atoms with Crippen molar-refractivity contribution in [1.29, 1.82) is 0 Å². The second kappa shape index (κ2) is 7.23. The van der Waals surface area contributed by atoms with E-state index in [0.29, 0.717) is 21.7 Å². The summed E-state index contributed by atoms with van der Waals surface area (Å²) in [6, 6.07) is 9.44. The predicted molar refractivity (Wildman–Crippen MR) is 97.1 cm³/mol. The summed E-state index contributed by atoms with van der Waals surface area (Å²) in [6.45, 7) is 3.94. The fraction of sp³-hybridized carbons (Fsp3) is 0.235. The molecule has 2 aromatic heterocycles. The Morgan fingerprint density at radius 1 is 1.21 bits per heavy atom. The molecule has 5 nitrogen and oxygen atoms in total. The number of rotatable bonds is 5. The van der Waals surface area contributed by atoms with Crippen LogP contribution in [0.4, 0.5) is 5.82 Å². The molecule has 0 unspecified atom stereocenters. The minimum absolute atomic E-state index is 0.473. The van der Waals surface area contributed by atoms with Crippen molar-refractivity contribution < 1.29 is 4.52 Å². The fourth-order valence-electron chi connectivity index (χ4n) is 2.37. The van der Waals surface area contributed by atoms with Gasteiger partial charge in [-0.05, 0) is 31.0 Å². The smallest absolute Gasteiger partial charge is 0.190 e. The van der Waals surface area contributed by atoms with E-state index in [9.17, 15) is 0 Å². The number of hydrogen-bond acceptors (Lipinski definition) is 6. The first-order valence-corrected chi connectivity index (χ1v) is 8.90. The van der Waals surface area contributed by atoms with Gasteiger partial charge >= 0.3 is 0 Å². The van der Waals surface area contributed by atoms with E-state index in [0.717, 1.165) is 34.7 Å². The van der Waals surface area contributed by atoms with E-state index in [2.05, 4.69) is 22.0 Å². The van der Waals surface area contributed by atoms with Gasteiger partial charge in [0, 0.05) is 16.7 Å². The van der Waals surface area contributed by atoms with Crippen LogP contribution in [-0.2, 0) is 12.2 Å². The van der Waals surface area contributed by atoms with Gasteiger partial charge in [-0.2, -0.15) is 0 Å². The Kier molecular flexibility index (Phi) is 5.06. The molecule has 0 saturated heterocycles. The van der Waals surface area contributed by atoms with Crippen LogP contribution in [0.15, 0.2) is 40.0 Å². The Labute approximate surface area is 149 Å². The molecule has 1 aromatic carbocycles. The first-order valence-electron chi connectivity index (χ1n) is 7.54. The molecule has 3 aromatic rings. The summed E-state index contributed by atoms with van der Waals surface area (Å²) in [5.41, 5.74) is 9.82. The van der Waals surface area contributed by atoms with Gasteiger partial charge in [-0.15, -0.1) is 0 Å². The van der Waals surface area contributed by atoms with E-state index in [1.165, 1.54) is 11.8 Å². The number of benzene rings is 1. The van der Waals surface area contributed by atoms with Gasteiger partial charge < -0.3 is 10.3 Å². The van der Waals surface area contributed by atoms with E-state index in [1.807, 2.05) is 37.3 Å². The number of halogens is 1. The average Bonchev–Trinajstić information content (AvgIpc) is 2.99. The van der Waals surface area contributed by atoms with Crippen LogP contribution in [0.2, 0.25) is 5.02 Å². The molecule has 3 rings (SSSR count). The van der Waals surface area contributed by atoms with E-state index in [4.69, 9.17) is 21.9 Å². The summed E-state index contributed by atoms with van der Waals surface area (Å²) in [7, 11) is 0. The third kappa shape index (κ3) is 3.71. The third-order valence-electron chi connectivity index (χ3n) is 3.48. The molecule has 0 bridgehead atoms. The molecule has 7 heteroatoms. The van der Waals surface area contributed by atoms with Gasteiger partial charge in [0.25, 0.3) is 0 Å². The van der Waals surface area contributed by atoms with E-state index >= 15 is 0 Å². The van der Waals surface area contributed by atoms with Gasteiger partial charge in [0.2, 0.25) is 0 Å². The Hall–Kier alpha value is -2.05. The second-order valence-electron chi connectivity index (χ2n) is 5.30. The Balaban J connectivity index is 1.88. The van der Waals surface area contributed by atoms with Crippen LogP contribution in [0.1, 0.15) is 24.1 Å². The average molecular weight is 361 g/mol. The van der Waals surface area contributed by atoms with Crippen LogP contribution >= 0.6 is 23.4 Å². The first-order chi connectivity index (χ1) is 11.6. The number of anilines is 1. The molecule has 2 heterocycles. The molecule has 0 aliphatic carbocycles. The monoisotopic (exact) mass is 360 g/mol. The lowest BCUT2D eigenvalue weighted by atomic mass is 10.0.